The molecular formula is C14H22N2O2S. The third-order valence-electron chi connectivity index (χ3n) is 3.37. The number of sulfonamides is 1. The van der Waals surface area contributed by atoms with Crippen molar-refractivity contribution in [3.63, 3.8) is 0 Å². The second-order valence-corrected chi connectivity index (χ2v) is 6.88. The van der Waals surface area contributed by atoms with Crippen molar-refractivity contribution in [2.75, 3.05) is 18.8 Å². The van der Waals surface area contributed by atoms with Crippen LogP contribution in [0.5, 0.6) is 0 Å². The van der Waals surface area contributed by atoms with Gasteiger partial charge in [0, 0.05) is 12.0 Å². The lowest BCUT2D eigenvalue weighted by Gasteiger charge is -2.06. The lowest BCUT2D eigenvalue weighted by Crippen LogP contribution is -2.30. The molecule has 0 heterocycles. The van der Waals surface area contributed by atoms with E-state index in [4.69, 9.17) is 0 Å². The maximum Gasteiger partial charge on any atom is 0.211 e. The zero-order valence-corrected chi connectivity index (χ0v) is 12.1. The predicted molar refractivity (Wildman–Crippen MR) is 77.7 cm³/mol. The number of hydrogen-bond donors (Lipinski definition) is 2. The van der Waals surface area contributed by atoms with E-state index in [2.05, 4.69) is 22.2 Å². The smallest absolute Gasteiger partial charge is 0.211 e. The predicted octanol–water partition coefficient (Wildman–Crippen LogP) is 1.46. The summed E-state index contributed by atoms with van der Waals surface area (Å²) < 4.78 is 26.6. The molecule has 2 N–H and O–H groups in total. The number of nitrogens with one attached hydrogen (secondary N) is 2. The molecule has 5 heteroatoms. The molecule has 2 unspecified atom stereocenters. The number of benzene rings is 1. The van der Waals surface area contributed by atoms with Gasteiger partial charge in [0.1, 0.15) is 0 Å². The minimum absolute atomic E-state index is 0.0894. The Kier molecular flexibility index (Phi) is 4.96. The third-order valence-corrected chi connectivity index (χ3v) is 4.85. The topological polar surface area (TPSA) is 58.2 Å². The zero-order valence-electron chi connectivity index (χ0n) is 11.3. The van der Waals surface area contributed by atoms with E-state index in [-0.39, 0.29) is 11.8 Å². The first-order chi connectivity index (χ1) is 9.12. The van der Waals surface area contributed by atoms with Crippen molar-refractivity contribution in [2.45, 2.75) is 31.7 Å². The Balaban J connectivity index is 1.77. The van der Waals surface area contributed by atoms with Crippen LogP contribution in [0.3, 0.4) is 0 Å². The quantitative estimate of drug-likeness (QED) is 0.710. The maximum absolute atomic E-state index is 11.9. The molecule has 0 bridgehead atoms. The van der Waals surface area contributed by atoms with Crippen LogP contribution in [-0.2, 0) is 10.0 Å². The Bertz CT molecular complexity index is 487. The summed E-state index contributed by atoms with van der Waals surface area (Å²) in [5.41, 5.74) is 1.22. The SMILES string of the molecule is CCNCCCS(=O)(=O)NC1CC1c1ccccc1. The van der Waals surface area contributed by atoms with Gasteiger partial charge in [-0.25, -0.2) is 13.1 Å². The van der Waals surface area contributed by atoms with E-state index < -0.39 is 10.0 Å². The zero-order chi connectivity index (χ0) is 13.7. The average molecular weight is 282 g/mol. The molecular weight excluding hydrogens is 260 g/mol. The molecule has 1 fully saturated rings. The van der Waals surface area contributed by atoms with Crippen LogP contribution in [0.25, 0.3) is 0 Å². The first-order valence-corrected chi connectivity index (χ1v) is 8.53. The van der Waals surface area contributed by atoms with E-state index in [0.717, 1.165) is 19.5 Å². The van der Waals surface area contributed by atoms with E-state index in [0.29, 0.717) is 12.3 Å². The van der Waals surface area contributed by atoms with Gasteiger partial charge in [0.25, 0.3) is 0 Å². The Hall–Kier alpha value is -0.910. The highest BCUT2D eigenvalue weighted by Crippen LogP contribution is 2.40. The van der Waals surface area contributed by atoms with Crippen LogP contribution in [-0.4, -0.2) is 33.3 Å². The molecule has 4 nitrogen and oxygen atoms in total. The highest BCUT2D eigenvalue weighted by atomic mass is 32.2. The van der Waals surface area contributed by atoms with Crippen molar-refractivity contribution >= 4 is 10.0 Å². The Morgan fingerprint density at radius 3 is 2.68 bits per heavy atom. The minimum Gasteiger partial charge on any atom is -0.317 e. The van der Waals surface area contributed by atoms with Crippen LogP contribution in [0.4, 0.5) is 0 Å². The summed E-state index contributed by atoms with van der Waals surface area (Å²) in [5.74, 6) is 0.558. The van der Waals surface area contributed by atoms with Gasteiger partial charge in [-0.2, -0.15) is 0 Å². The summed E-state index contributed by atoms with van der Waals surface area (Å²) >= 11 is 0. The van der Waals surface area contributed by atoms with Crippen molar-refractivity contribution in [3.8, 4) is 0 Å². The fourth-order valence-electron chi connectivity index (χ4n) is 2.25. The molecule has 0 spiro atoms. The van der Waals surface area contributed by atoms with Crippen LogP contribution in [0, 0.1) is 0 Å². The highest BCUT2D eigenvalue weighted by Gasteiger charge is 2.40. The van der Waals surface area contributed by atoms with Crippen LogP contribution >= 0.6 is 0 Å². The van der Waals surface area contributed by atoms with Crippen LogP contribution in [0.2, 0.25) is 0 Å². The monoisotopic (exact) mass is 282 g/mol. The molecule has 0 amide bonds. The van der Waals surface area contributed by atoms with Gasteiger partial charge < -0.3 is 5.32 Å². The van der Waals surface area contributed by atoms with Crippen molar-refractivity contribution in [2.24, 2.45) is 0 Å². The molecule has 1 saturated carbocycles. The molecule has 2 rings (SSSR count). The van der Waals surface area contributed by atoms with Gasteiger partial charge in [-0.1, -0.05) is 37.3 Å². The number of rotatable bonds is 8. The second-order valence-electron chi connectivity index (χ2n) is 5.00. The van der Waals surface area contributed by atoms with Crippen molar-refractivity contribution in [1.82, 2.24) is 10.0 Å². The van der Waals surface area contributed by atoms with Crippen LogP contribution < -0.4 is 10.0 Å². The molecule has 1 aliphatic carbocycles. The van der Waals surface area contributed by atoms with Gasteiger partial charge in [0.05, 0.1) is 5.75 Å². The van der Waals surface area contributed by atoms with Gasteiger partial charge >= 0.3 is 0 Å². The largest absolute Gasteiger partial charge is 0.317 e. The molecule has 19 heavy (non-hydrogen) atoms. The summed E-state index contributed by atoms with van der Waals surface area (Å²) in [6, 6.07) is 10.2. The van der Waals surface area contributed by atoms with Gasteiger partial charge in [-0.15, -0.1) is 0 Å². The van der Waals surface area contributed by atoms with E-state index >= 15 is 0 Å². The van der Waals surface area contributed by atoms with E-state index in [9.17, 15) is 8.42 Å². The summed E-state index contributed by atoms with van der Waals surface area (Å²) in [7, 11) is -3.13. The molecule has 0 radical (unpaired) electrons. The fourth-order valence-corrected chi connectivity index (χ4v) is 3.61. The minimum atomic E-state index is -3.13. The first-order valence-electron chi connectivity index (χ1n) is 6.88. The lowest BCUT2D eigenvalue weighted by atomic mass is 10.1. The van der Waals surface area contributed by atoms with Crippen LogP contribution in [0.15, 0.2) is 30.3 Å². The van der Waals surface area contributed by atoms with Gasteiger partial charge in [0.15, 0.2) is 0 Å². The van der Waals surface area contributed by atoms with Gasteiger partial charge in [-0.3, -0.25) is 0 Å². The maximum atomic E-state index is 11.9. The van der Waals surface area contributed by atoms with E-state index in [1.807, 2.05) is 25.1 Å². The van der Waals surface area contributed by atoms with Crippen LogP contribution in [0.1, 0.15) is 31.2 Å². The second kappa shape index (κ2) is 6.50. The van der Waals surface area contributed by atoms with Gasteiger partial charge in [-0.05, 0) is 31.5 Å². The third kappa shape index (κ3) is 4.60. The summed E-state index contributed by atoms with van der Waals surface area (Å²) in [6.07, 6.45) is 1.57. The molecule has 1 aromatic rings. The van der Waals surface area contributed by atoms with E-state index in [1.54, 1.807) is 0 Å². The van der Waals surface area contributed by atoms with Crippen molar-refractivity contribution in [3.05, 3.63) is 35.9 Å². The summed E-state index contributed by atoms with van der Waals surface area (Å²) in [5, 5.41) is 3.13. The molecule has 1 aromatic carbocycles. The highest BCUT2D eigenvalue weighted by molar-refractivity contribution is 7.89. The Labute approximate surface area is 115 Å². The summed E-state index contributed by atoms with van der Waals surface area (Å²) in [6.45, 7) is 3.65. The lowest BCUT2D eigenvalue weighted by molar-refractivity contribution is 0.574. The van der Waals surface area contributed by atoms with E-state index in [1.165, 1.54) is 5.56 Å². The molecule has 2 atom stereocenters. The summed E-state index contributed by atoms with van der Waals surface area (Å²) in [4.78, 5) is 0. The fraction of sp³-hybridized carbons (Fsp3) is 0.571. The Morgan fingerprint density at radius 1 is 1.26 bits per heavy atom. The van der Waals surface area contributed by atoms with Gasteiger partial charge in [0.2, 0.25) is 10.0 Å². The van der Waals surface area contributed by atoms with Crippen molar-refractivity contribution < 1.29 is 8.42 Å². The molecule has 0 aliphatic heterocycles. The Morgan fingerprint density at radius 2 is 2.00 bits per heavy atom. The normalized spacial score (nSPS) is 22.4. The standard InChI is InChI=1S/C14H22N2O2S/c1-2-15-9-6-10-19(17,18)16-14-11-13(14)12-7-4-3-5-8-12/h3-5,7-8,13-16H,2,6,9-11H2,1H3. The molecule has 0 aromatic heterocycles. The average Bonchev–Trinajstić information content (AvgIpc) is 3.14. The molecule has 0 saturated heterocycles. The molecule has 106 valence electrons. The van der Waals surface area contributed by atoms with Crippen molar-refractivity contribution in [1.29, 1.82) is 0 Å². The number of hydrogen-bond acceptors (Lipinski definition) is 3. The molecule has 1 aliphatic rings. The first kappa shape index (κ1) is 14.5.